The molecule has 0 atom stereocenters. The van der Waals surface area contributed by atoms with Crippen molar-refractivity contribution in [3.63, 3.8) is 0 Å². The van der Waals surface area contributed by atoms with Crippen LogP contribution in [0.5, 0.6) is 0 Å². The van der Waals surface area contributed by atoms with Crippen LogP contribution in [0.3, 0.4) is 0 Å². The monoisotopic (exact) mass is 454 g/mol. The average Bonchev–Trinajstić information content (AvgIpc) is 2.72. The molecule has 0 aliphatic carbocycles. The van der Waals surface area contributed by atoms with Crippen molar-refractivity contribution in [1.82, 2.24) is 4.98 Å². The van der Waals surface area contributed by atoms with Crippen molar-refractivity contribution in [3.05, 3.63) is 82.2 Å². The number of urea groups is 1. The quantitative estimate of drug-likeness (QED) is 0.579. The maximum atomic E-state index is 14.1. The van der Waals surface area contributed by atoms with Crippen LogP contribution in [-0.4, -0.2) is 24.1 Å². The number of pyridine rings is 1. The standard InChI is InChI=1S/C22H20BrFN4O/c1-15-4-6-16(7-5-15)14-27-11-12-28(20-3-2-10-25-21(20)27)22(29)26-19-9-8-17(23)13-18(19)24/h2-10,13H,11-12,14H2,1H3,(H,26,29). The van der Waals surface area contributed by atoms with E-state index in [0.29, 0.717) is 29.8 Å². The highest BCUT2D eigenvalue weighted by Crippen LogP contribution is 2.32. The predicted octanol–water partition coefficient (Wildman–Crippen LogP) is 5.35. The third-order valence-corrected chi connectivity index (χ3v) is 5.36. The van der Waals surface area contributed by atoms with Crippen molar-refractivity contribution in [2.24, 2.45) is 0 Å². The largest absolute Gasteiger partial charge is 0.349 e. The number of rotatable bonds is 3. The smallest absolute Gasteiger partial charge is 0.326 e. The number of nitrogens with zero attached hydrogens (tertiary/aromatic N) is 3. The molecule has 3 aromatic rings. The van der Waals surface area contributed by atoms with Gasteiger partial charge < -0.3 is 10.2 Å². The lowest BCUT2D eigenvalue weighted by Crippen LogP contribution is -2.46. The van der Waals surface area contributed by atoms with E-state index < -0.39 is 5.82 Å². The van der Waals surface area contributed by atoms with E-state index in [0.717, 1.165) is 5.82 Å². The van der Waals surface area contributed by atoms with Gasteiger partial charge in [0.1, 0.15) is 5.82 Å². The molecule has 0 unspecified atom stereocenters. The van der Waals surface area contributed by atoms with Gasteiger partial charge in [0.15, 0.2) is 5.82 Å². The molecule has 1 aromatic heterocycles. The predicted molar refractivity (Wildman–Crippen MR) is 117 cm³/mol. The van der Waals surface area contributed by atoms with Gasteiger partial charge in [-0.15, -0.1) is 0 Å². The summed E-state index contributed by atoms with van der Waals surface area (Å²) < 4.78 is 14.7. The molecule has 2 heterocycles. The lowest BCUT2D eigenvalue weighted by molar-refractivity contribution is 0.256. The minimum atomic E-state index is -0.489. The molecule has 4 rings (SSSR count). The first-order chi connectivity index (χ1) is 14.0. The van der Waals surface area contributed by atoms with E-state index in [-0.39, 0.29) is 11.7 Å². The summed E-state index contributed by atoms with van der Waals surface area (Å²) in [7, 11) is 0. The number of carbonyl (C=O) groups excluding carboxylic acids is 1. The molecule has 1 aliphatic rings. The Bertz CT molecular complexity index is 1040. The van der Waals surface area contributed by atoms with Gasteiger partial charge in [-0.1, -0.05) is 45.8 Å². The summed E-state index contributed by atoms with van der Waals surface area (Å²) in [5.74, 6) is 0.253. The van der Waals surface area contributed by atoms with Crippen molar-refractivity contribution in [3.8, 4) is 0 Å². The summed E-state index contributed by atoms with van der Waals surface area (Å²) in [6.07, 6.45) is 1.72. The summed E-state index contributed by atoms with van der Waals surface area (Å²) >= 11 is 3.22. The maximum Gasteiger partial charge on any atom is 0.326 e. The number of aryl methyl sites for hydroxylation is 1. The highest BCUT2D eigenvalue weighted by atomic mass is 79.9. The van der Waals surface area contributed by atoms with E-state index in [2.05, 4.69) is 62.3 Å². The zero-order valence-electron chi connectivity index (χ0n) is 15.9. The molecule has 0 spiro atoms. The average molecular weight is 455 g/mol. The zero-order valence-corrected chi connectivity index (χ0v) is 17.5. The Labute approximate surface area is 177 Å². The van der Waals surface area contributed by atoms with Gasteiger partial charge in [0.2, 0.25) is 0 Å². The molecule has 5 nitrogen and oxygen atoms in total. The van der Waals surface area contributed by atoms with E-state index in [1.165, 1.54) is 23.3 Å². The second-order valence-electron chi connectivity index (χ2n) is 6.96. The highest BCUT2D eigenvalue weighted by molar-refractivity contribution is 9.10. The number of hydrogen-bond donors (Lipinski definition) is 1. The maximum absolute atomic E-state index is 14.1. The molecule has 29 heavy (non-hydrogen) atoms. The number of benzene rings is 2. The Hall–Kier alpha value is -2.93. The third kappa shape index (κ3) is 4.24. The van der Waals surface area contributed by atoms with E-state index in [1.54, 1.807) is 23.2 Å². The van der Waals surface area contributed by atoms with Gasteiger partial charge in [-0.05, 0) is 42.8 Å². The van der Waals surface area contributed by atoms with Crippen LogP contribution in [0.2, 0.25) is 0 Å². The van der Waals surface area contributed by atoms with Crippen LogP contribution in [0.1, 0.15) is 11.1 Å². The fourth-order valence-corrected chi connectivity index (χ4v) is 3.68. The highest BCUT2D eigenvalue weighted by Gasteiger charge is 2.28. The molecule has 0 saturated carbocycles. The lowest BCUT2D eigenvalue weighted by atomic mass is 10.1. The molecule has 0 fully saturated rings. The Morgan fingerprint density at radius 1 is 1.17 bits per heavy atom. The Morgan fingerprint density at radius 2 is 1.97 bits per heavy atom. The number of fused-ring (bicyclic) bond motifs is 1. The zero-order chi connectivity index (χ0) is 20.4. The minimum absolute atomic E-state index is 0.144. The first-order valence-electron chi connectivity index (χ1n) is 9.30. The van der Waals surface area contributed by atoms with Crippen molar-refractivity contribution in [2.45, 2.75) is 13.5 Å². The summed E-state index contributed by atoms with van der Waals surface area (Å²) in [4.78, 5) is 21.1. The lowest BCUT2D eigenvalue weighted by Gasteiger charge is -2.36. The number of halogens is 2. The Morgan fingerprint density at radius 3 is 2.72 bits per heavy atom. The first-order valence-corrected chi connectivity index (χ1v) is 10.1. The molecule has 1 N–H and O–H groups in total. The second-order valence-corrected chi connectivity index (χ2v) is 7.87. The van der Waals surface area contributed by atoms with E-state index in [9.17, 15) is 9.18 Å². The topological polar surface area (TPSA) is 48.5 Å². The molecule has 2 aromatic carbocycles. The third-order valence-electron chi connectivity index (χ3n) is 4.86. The number of nitrogens with one attached hydrogen (secondary N) is 1. The van der Waals surface area contributed by atoms with Crippen LogP contribution in [-0.2, 0) is 6.54 Å². The second kappa shape index (κ2) is 8.21. The summed E-state index contributed by atoms with van der Waals surface area (Å²) in [6.45, 7) is 3.88. The fourth-order valence-electron chi connectivity index (χ4n) is 3.34. The molecule has 1 aliphatic heterocycles. The molecule has 0 saturated heterocycles. The van der Waals surface area contributed by atoms with Crippen LogP contribution in [0.15, 0.2) is 65.3 Å². The molecule has 7 heteroatoms. The molecule has 148 valence electrons. The molecule has 2 amide bonds. The summed E-state index contributed by atoms with van der Waals surface area (Å²) in [5, 5.41) is 2.66. The number of aromatic nitrogens is 1. The van der Waals surface area contributed by atoms with Gasteiger partial charge in [-0.25, -0.2) is 14.2 Å². The van der Waals surface area contributed by atoms with Crippen molar-refractivity contribution < 1.29 is 9.18 Å². The van der Waals surface area contributed by atoms with Crippen LogP contribution < -0.4 is 15.1 Å². The van der Waals surface area contributed by atoms with Crippen LogP contribution >= 0.6 is 15.9 Å². The SMILES string of the molecule is Cc1ccc(CN2CCN(C(=O)Nc3ccc(Br)cc3F)c3cccnc32)cc1. The van der Waals surface area contributed by atoms with Crippen LogP contribution in [0.25, 0.3) is 0 Å². The molecule has 0 bridgehead atoms. The molecular weight excluding hydrogens is 435 g/mol. The van der Waals surface area contributed by atoms with Gasteiger partial charge >= 0.3 is 6.03 Å². The van der Waals surface area contributed by atoms with Crippen molar-refractivity contribution in [2.75, 3.05) is 28.2 Å². The summed E-state index contributed by atoms with van der Waals surface area (Å²) in [6, 6.07) is 16.2. The molecular formula is C22H20BrFN4O. The first kappa shape index (κ1) is 19.4. The van der Waals surface area contributed by atoms with Crippen molar-refractivity contribution in [1.29, 1.82) is 0 Å². The van der Waals surface area contributed by atoms with Crippen LogP contribution in [0.4, 0.5) is 26.4 Å². The van der Waals surface area contributed by atoms with Gasteiger partial charge in [0, 0.05) is 30.3 Å². The van der Waals surface area contributed by atoms with Gasteiger partial charge in [0.25, 0.3) is 0 Å². The number of carbonyl (C=O) groups is 1. The normalized spacial score (nSPS) is 13.2. The minimum Gasteiger partial charge on any atom is -0.349 e. The number of anilines is 3. The Balaban J connectivity index is 1.56. The molecule has 0 radical (unpaired) electrons. The van der Waals surface area contributed by atoms with Gasteiger partial charge in [-0.3, -0.25) is 4.90 Å². The number of amides is 2. The van der Waals surface area contributed by atoms with Crippen molar-refractivity contribution >= 4 is 39.2 Å². The van der Waals surface area contributed by atoms with E-state index in [1.807, 2.05) is 6.07 Å². The van der Waals surface area contributed by atoms with Gasteiger partial charge in [0.05, 0.1) is 11.4 Å². The van der Waals surface area contributed by atoms with Crippen LogP contribution in [0, 0.1) is 12.7 Å². The fraction of sp³-hybridized carbons (Fsp3) is 0.182. The number of hydrogen-bond acceptors (Lipinski definition) is 3. The van der Waals surface area contributed by atoms with Gasteiger partial charge in [-0.2, -0.15) is 0 Å². The van der Waals surface area contributed by atoms with E-state index in [4.69, 9.17) is 0 Å². The van der Waals surface area contributed by atoms with E-state index >= 15 is 0 Å². The summed E-state index contributed by atoms with van der Waals surface area (Å²) in [5.41, 5.74) is 3.25. The Kier molecular flexibility index (Phi) is 5.49.